The van der Waals surface area contributed by atoms with Gasteiger partial charge in [-0.05, 0) is 5.92 Å². The molecule has 1 nitrogen and oxygen atoms in total. The molecule has 0 N–H and O–H groups in total. The van der Waals surface area contributed by atoms with Crippen LogP contribution in [-0.4, -0.2) is 5.78 Å². The van der Waals surface area contributed by atoms with Crippen molar-refractivity contribution in [2.75, 3.05) is 0 Å². The number of carbonyl (C=O) groups excluding carboxylic acids is 1. The van der Waals surface area contributed by atoms with Crippen molar-refractivity contribution in [3.8, 4) is 0 Å². The molecule has 1 unspecified atom stereocenters. The second kappa shape index (κ2) is 7.21. The molecule has 1 heteroatoms. The van der Waals surface area contributed by atoms with Crippen molar-refractivity contribution in [2.24, 2.45) is 5.92 Å². The number of hydrogen-bond acceptors (Lipinski definition) is 1. The molecule has 1 aromatic rings. The van der Waals surface area contributed by atoms with Gasteiger partial charge in [-0.3, -0.25) is 4.79 Å². The Balaban J connectivity index is 2.34. The maximum atomic E-state index is 11.9. The van der Waals surface area contributed by atoms with Gasteiger partial charge in [0.15, 0.2) is 5.78 Å². The lowest BCUT2D eigenvalue weighted by molar-refractivity contribution is 0.0962. The van der Waals surface area contributed by atoms with E-state index in [0.29, 0.717) is 12.3 Å². The summed E-state index contributed by atoms with van der Waals surface area (Å²) >= 11 is 0. The van der Waals surface area contributed by atoms with Gasteiger partial charge in [-0.15, -0.1) is 0 Å². The minimum absolute atomic E-state index is 0.282. The van der Waals surface area contributed by atoms with Crippen LogP contribution in [0.25, 0.3) is 0 Å². The van der Waals surface area contributed by atoms with E-state index in [4.69, 9.17) is 0 Å². The monoisotopic (exact) mass is 218 g/mol. The van der Waals surface area contributed by atoms with Crippen molar-refractivity contribution in [1.29, 1.82) is 0 Å². The van der Waals surface area contributed by atoms with Gasteiger partial charge in [-0.1, -0.05) is 69.9 Å². The highest BCUT2D eigenvalue weighted by Crippen LogP contribution is 2.16. The van der Waals surface area contributed by atoms with Crippen LogP contribution >= 0.6 is 0 Å². The fraction of sp³-hybridized carbons (Fsp3) is 0.533. The van der Waals surface area contributed by atoms with Gasteiger partial charge in [-0.2, -0.15) is 0 Å². The van der Waals surface area contributed by atoms with Gasteiger partial charge in [0.1, 0.15) is 0 Å². The van der Waals surface area contributed by atoms with Gasteiger partial charge in [0.25, 0.3) is 0 Å². The Morgan fingerprint density at radius 1 is 1.19 bits per heavy atom. The van der Waals surface area contributed by atoms with Crippen LogP contribution in [0.1, 0.15) is 56.3 Å². The van der Waals surface area contributed by atoms with Crippen molar-refractivity contribution in [2.45, 2.75) is 46.0 Å². The molecular weight excluding hydrogens is 196 g/mol. The Hall–Kier alpha value is -1.11. The first-order valence-electron chi connectivity index (χ1n) is 6.32. The van der Waals surface area contributed by atoms with E-state index in [-0.39, 0.29) is 5.78 Å². The summed E-state index contributed by atoms with van der Waals surface area (Å²) in [6.45, 7) is 4.39. The molecule has 16 heavy (non-hydrogen) atoms. The average Bonchev–Trinajstić information content (AvgIpc) is 2.30. The lowest BCUT2D eigenvalue weighted by atomic mass is 9.95. The number of Topliss-reactive ketones (excluding diaryl/α,β-unsaturated/α-hetero) is 1. The highest BCUT2D eigenvalue weighted by atomic mass is 16.1. The topological polar surface area (TPSA) is 17.1 Å². The molecule has 0 amide bonds. The fourth-order valence-corrected chi connectivity index (χ4v) is 1.90. The number of hydrogen-bond donors (Lipinski definition) is 0. The minimum Gasteiger partial charge on any atom is -0.294 e. The van der Waals surface area contributed by atoms with E-state index >= 15 is 0 Å². The molecular formula is C15H22O. The molecule has 1 rings (SSSR count). The normalized spacial score (nSPS) is 12.4. The van der Waals surface area contributed by atoms with E-state index in [0.717, 1.165) is 5.56 Å². The molecule has 0 aliphatic carbocycles. The van der Waals surface area contributed by atoms with Crippen LogP contribution in [-0.2, 0) is 0 Å². The maximum Gasteiger partial charge on any atom is 0.163 e. The standard InChI is InChI=1S/C15H22O/c1-3-4-6-9-13(2)12-15(16)14-10-7-5-8-11-14/h5,7-8,10-11,13H,3-4,6,9,12H2,1-2H3. The summed E-state index contributed by atoms with van der Waals surface area (Å²) in [5.41, 5.74) is 0.852. The lowest BCUT2D eigenvalue weighted by Crippen LogP contribution is -2.06. The second-order valence-electron chi connectivity index (χ2n) is 4.59. The van der Waals surface area contributed by atoms with Gasteiger partial charge in [0.05, 0.1) is 0 Å². The van der Waals surface area contributed by atoms with Gasteiger partial charge in [0.2, 0.25) is 0 Å². The Morgan fingerprint density at radius 3 is 2.50 bits per heavy atom. The van der Waals surface area contributed by atoms with E-state index in [1.165, 1.54) is 25.7 Å². The van der Waals surface area contributed by atoms with E-state index in [1.54, 1.807) is 0 Å². The average molecular weight is 218 g/mol. The summed E-state index contributed by atoms with van der Waals surface area (Å²) in [5.74, 6) is 0.795. The highest BCUT2D eigenvalue weighted by Gasteiger charge is 2.10. The number of rotatable bonds is 7. The summed E-state index contributed by atoms with van der Waals surface area (Å²) in [4.78, 5) is 11.9. The molecule has 0 saturated heterocycles. The van der Waals surface area contributed by atoms with Gasteiger partial charge in [0, 0.05) is 12.0 Å². The van der Waals surface area contributed by atoms with Crippen molar-refractivity contribution in [3.63, 3.8) is 0 Å². The largest absolute Gasteiger partial charge is 0.294 e. The van der Waals surface area contributed by atoms with Gasteiger partial charge < -0.3 is 0 Å². The highest BCUT2D eigenvalue weighted by molar-refractivity contribution is 5.96. The van der Waals surface area contributed by atoms with Gasteiger partial charge in [-0.25, -0.2) is 0 Å². The molecule has 88 valence electrons. The zero-order chi connectivity index (χ0) is 11.8. The zero-order valence-corrected chi connectivity index (χ0v) is 10.4. The number of benzene rings is 1. The molecule has 0 spiro atoms. The molecule has 0 aromatic heterocycles. The Kier molecular flexibility index (Phi) is 5.84. The molecule has 1 atom stereocenters. The number of unbranched alkanes of at least 4 members (excludes halogenated alkanes) is 2. The van der Waals surface area contributed by atoms with Crippen LogP contribution in [0.4, 0.5) is 0 Å². The molecule has 0 heterocycles. The maximum absolute atomic E-state index is 11.9. The zero-order valence-electron chi connectivity index (χ0n) is 10.4. The van der Waals surface area contributed by atoms with Crippen LogP contribution in [0.5, 0.6) is 0 Å². The third-order valence-corrected chi connectivity index (χ3v) is 2.93. The van der Waals surface area contributed by atoms with E-state index in [9.17, 15) is 4.79 Å². The summed E-state index contributed by atoms with van der Waals surface area (Å²) in [6, 6.07) is 9.60. The summed E-state index contributed by atoms with van der Waals surface area (Å²) in [7, 11) is 0. The first-order chi connectivity index (χ1) is 7.74. The summed E-state index contributed by atoms with van der Waals surface area (Å²) in [6.07, 6.45) is 5.64. The van der Waals surface area contributed by atoms with E-state index in [2.05, 4.69) is 13.8 Å². The Bertz CT molecular complexity index is 302. The van der Waals surface area contributed by atoms with Crippen molar-refractivity contribution >= 4 is 5.78 Å². The Morgan fingerprint density at radius 2 is 1.88 bits per heavy atom. The van der Waals surface area contributed by atoms with Crippen LogP contribution in [0.15, 0.2) is 30.3 Å². The van der Waals surface area contributed by atoms with Crippen LogP contribution in [0, 0.1) is 5.92 Å². The second-order valence-corrected chi connectivity index (χ2v) is 4.59. The first kappa shape index (κ1) is 13.0. The third kappa shape index (κ3) is 4.61. The third-order valence-electron chi connectivity index (χ3n) is 2.93. The smallest absolute Gasteiger partial charge is 0.163 e. The molecule has 1 aromatic carbocycles. The quantitative estimate of drug-likeness (QED) is 0.487. The first-order valence-corrected chi connectivity index (χ1v) is 6.32. The minimum atomic E-state index is 0.282. The Labute approximate surface area is 98.9 Å². The summed E-state index contributed by atoms with van der Waals surface area (Å²) < 4.78 is 0. The molecule has 0 aliphatic rings. The van der Waals surface area contributed by atoms with E-state index in [1.807, 2.05) is 30.3 Å². The molecule has 0 fully saturated rings. The predicted octanol–water partition coefficient (Wildman–Crippen LogP) is 4.48. The predicted molar refractivity (Wildman–Crippen MR) is 68.7 cm³/mol. The van der Waals surface area contributed by atoms with Crippen molar-refractivity contribution < 1.29 is 4.79 Å². The SMILES string of the molecule is CCCCCC(C)CC(=O)c1ccccc1. The fourth-order valence-electron chi connectivity index (χ4n) is 1.90. The number of carbonyl (C=O) groups is 1. The van der Waals surface area contributed by atoms with Crippen molar-refractivity contribution in [3.05, 3.63) is 35.9 Å². The van der Waals surface area contributed by atoms with Crippen LogP contribution < -0.4 is 0 Å². The van der Waals surface area contributed by atoms with E-state index < -0.39 is 0 Å². The molecule has 0 saturated carbocycles. The molecule has 0 bridgehead atoms. The lowest BCUT2D eigenvalue weighted by Gasteiger charge is -2.09. The van der Waals surface area contributed by atoms with Crippen LogP contribution in [0.2, 0.25) is 0 Å². The van der Waals surface area contributed by atoms with Crippen molar-refractivity contribution in [1.82, 2.24) is 0 Å². The molecule has 0 aliphatic heterocycles. The summed E-state index contributed by atoms with van der Waals surface area (Å²) in [5, 5.41) is 0. The molecule has 0 radical (unpaired) electrons. The van der Waals surface area contributed by atoms with Gasteiger partial charge >= 0.3 is 0 Å². The van der Waals surface area contributed by atoms with Crippen LogP contribution in [0.3, 0.4) is 0 Å². The number of ketones is 1.